The van der Waals surface area contributed by atoms with Crippen LogP contribution in [-0.2, 0) is 6.42 Å². The van der Waals surface area contributed by atoms with Crippen LogP contribution in [0.1, 0.15) is 15.9 Å². The molecule has 0 unspecified atom stereocenters. The quantitative estimate of drug-likeness (QED) is 0.810. The average molecular weight is 271 g/mol. The molecule has 0 spiro atoms. The molecule has 1 heterocycles. The monoisotopic (exact) mass is 271 g/mol. The van der Waals surface area contributed by atoms with Crippen LogP contribution < -0.4 is 15.8 Å². The van der Waals surface area contributed by atoms with Crippen LogP contribution in [0.3, 0.4) is 0 Å². The number of nitrogens with two attached hydrogens (primary N) is 1. The smallest absolute Gasteiger partial charge is 0.255 e. The SMILES string of the molecule is COc1cc(N)ccc1C(=O)NCCc1cccnc1. The van der Waals surface area contributed by atoms with Crippen LogP contribution in [0.15, 0.2) is 42.7 Å². The van der Waals surface area contributed by atoms with Crippen molar-refractivity contribution in [2.75, 3.05) is 19.4 Å². The van der Waals surface area contributed by atoms with E-state index in [4.69, 9.17) is 10.5 Å². The first kappa shape index (κ1) is 13.9. The molecule has 5 nitrogen and oxygen atoms in total. The summed E-state index contributed by atoms with van der Waals surface area (Å²) in [6.07, 6.45) is 4.24. The zero-order chi connectivity index (χ0) is 14.4. The maximum Gasteiger partial charge on any atom is 0.255 e. The molecule has 0 aliphatic heterocycles. The van der Waals surface area contributed by atoms with E-state index in [1.165, 1.54) is 7.11 Å². The van der Waals surface area contributed by atoms with Crippen molar-refractivity contribution in [2.24, 2.45) is 0 Å². The molecule has 0 saturated heterocycles. The van der Waals surface area contributed by atoms with Crippen LogP contribution in [0, 0.1) is 0 Å². The largest absolute Gasteiger partial charge is 0.496 e. The first-order valence-corrected chi connectivity index (χ1v) is 6.31. The van der Waals surface area contributed by atoms with Crippen LogP contribution >= 0.6 is 0 Å². The van der Waals surface area contributed by atoms with Gasteiger partial charge in [0.2, 0.25) is 0 Å². The number of rotatable bonds is 5. The van der Waals surface area contributed by atoms with E-state index in [0.717, 1.165) is 12.0 Å². The van der Waals surface area contributed by atoms with Crippen molar-refractivity contribution in [1.29, 1.82) is 0 Å². The first-order chi connectivity index (χ1) is 9.70. The van der Waals surface area contributed by atoms with E-state index in [1.54, 1.807) is 30.6 Å². The Kier molecular flexibility index (Phi) is 4.55. The molecule has 0 fully saturated rings. The second kappa shape index (κ2) is 6.56. The molecule has 104 valence electrons. The number of anilines is 1. The van der Waals surface area contributed by atoms with Gasteiger partial charge >= 0.3 is 0 Å². The number of hydrogen-bond donors (Lipinski definition) is 2. The molecule has 20 heavy (non-hydrogen) atoms. The van der Waals surface area contributed by atoms with Crippen LogP contribution in [0.4, 0.5) is 5.69 Å². The van der Waals surface area contributed by atoms with Crippen molar-refractivity contribution in [3.63, 3.8) is 0 Å². The number of nitrogens with zero attached hydrogens (tertiary/aromatic N) is 1. The zero-order valence-electron chi connectivity index (χ0n) is 11.3. The molecule has 1 aromatic heterocycles. The highest BCUT2D eigenvalue weighted by Crippen LogP contribution is 2.21. The van der Waals surface area contributed by atoms with Gasteiger partial charge in [0.1, 0.15) is 5.75 Å². The Hall–Kier alpha value is -2.56. The molecule has 0 bridgehead atoms. The molecule has 0 aliphatic carbocycles. The molecular formula is C15H17N3O2. The van der Waals surface area contributed by atoms with Crippen LogP contribution in [0.25, 0.3) is 0 Å². The first-order valence-electron chi connectivity index (χ1n) is 6.31. The van der Waals surface area contributed by atoms with E-state index in [0.29, 0.717) is 23.5 Å². The van der Waals surface area contributed by atoms with Crippen molar-refractivity contribution in [1.82, 2.24) is 10.3 Å². The molecule has 0 saturated carbocycles. The fourth-order valence-corrected chi connectivity index (χ4v) is 1.86. The second-order valence-electron chi connectivity index (χ2n) is 4.33. The summed E-state index contributed by atoms with van der Waals surface area (Å²) in [4.78, 5) is 16.1. The molecule has 0 aliphatic rings. The van der Waals surface area contributed by atoms with Gasteiger partial charge in [-0.1, -0.05) is 6.07 Å². The Morgan fingerprint density at radius 1 is 1.40 bits per heavy atom. The summed E-state index contributed by atoms with van der Waals surface area (Å²) < 4.78 is 5.16. The topological polar surface area (TPSA) is 77.2 Å². The highest BCUT2D eigenvalue weighted by molar-refractivity contribution is 5.97. The van der Waals surface area contributed by atoms with Gasteiger partial charge in [0.25, 0.3) is 5.91 Å². The molecular weight excluding hydrogens is 254 g/mol. The summed E-state index contributed by atoms with van der Waals surface area (Å²) in [5.74, 6) is 0.301. The second-order valence-corrected chi connectivity index (χ2v) is 4.33. The number of carbonyl (C=O) groups excluding carboxylic acids is 1. The van der Waals surface area contributed by atoms with Gasteiger partial charge in [-0.05, 0) is 30.2 Å². The number of aromatic nitrogens is 1. The molecule has 1 aromatic carbocycles. The third-order valence-electron chi connectivity index (χ3n) is 2.89. The van der Waals surface area contributed by atoms with Crippen LogP contribution in [-0.4, -0.2) is 24.5 Å². The number of pyridine rings is 1. The van der Waals surface area contributed by atoms with Gasteiger partial charge in [-0.3, -0.25) is 9.78 Å². The molecule has 1 amide bonds. The van der Waals surface area contributed by atoms with Crippen molar-refractivity contribution >= 4 is 11.6 Å². The number of carbonyl (C=O) groups is 1. The number of nitrogen functional groups attached to an aromatic ring is 1. The molecule has 3 N–H and O–H groups in total. The maximum absolute atomic E-state index is 12.1. The van der Waals surface area contributed by atoms with E-state index < -0.39 is 0 Å². The number of nitrogens with one attached hydrogen (secondary N) is 1. The number of hydrogen-bond acceptors (Lipinski definition) is 4. The van der Waals surface area contributed by atoms with Gasteiger partial charge in [-0.25, -0.2) is 0 Å². The Labute approximate surface area is 117 Å². The third-order valence-corrected chi connectivity index (χ3v) is 2.89. The predicted molar refractivity (Wildman–Crippen MR) is 77.7 cm³/mol. The van der Waals surface area contributed by atoms with Gasteiger partial charge in [-0.2, -0.15) is 0 Å². The van der Waals surface area contributed by atoms with Gasteiger partial charge in [-0.15, -0.1) is 0 Å². The highest BCUT2D eigenvalue weighted by Gasteiger charge is 2.11. The van der Waals surface area contributed by atoms with Gasteiger partial charge in [0.05, 0.1) is 12.7 Å². The van der Waals surface area contributed by atoms with Gasteiger partial charge < -0.3 is 15.8 Å². The lowest BCUT2D eigenvalue weighted by Crippen LogP contribution is -2.26. The minimum Gasteiger partial charge on any atom is -0.496 e. The molecule has 0 atom stereocenters. The zero-order valence-corrected chi connectivity index (χ0v) is 11.3. The normalized spacial score (nSPS) is 10.1. The van der Waals surface area contributed by atoms with Crippen molar-refractivity contribution in [2.45, 2.75) is 6.42 Å². The highest BCUT2D eigenvalue weighted by atomic mass is 16.5. The lowest BCUT2D eigenvalue weighted by atomic mass is 10.1. The average Bonchev–Trinajstić information content (AvgIpc) is 2.48. The number of benzene rings is 1. The van der Waals surface area contributed by atoms with E-state index in [1.807, 2.05) is 12.1 Å². The lowest BCUT2D eigenvalue weighted by molar-refractivity contribution is 0.0951. The van der Waals surface area contributed by atoms with Crippen LogP contribution in [0.2, 0.25) is 0 Å². The third kappa shape index (κ3) is 3.47. The van der Waals surface area contributed by atoms with Crippen molar-refractivity contribution in [3.8, 4) is 5.75 Å². The summed E-state index contributed by atoms with van der Waals surface area (Å²) in [5, 5.41) is 2.85. The minimum atomic E-state index is -0.175. The summed E-state index contributed by atoms with van der Waals surface area (Å²) in [5.41, 5.74) is 7.78. The van der Waals surface area contributed by atoms with Crippen molar-refractivity contribution in [3.05, 3.63) is 53.9 Å². The molecule has 2 aromatic rings. The van der Waals surface area contributed by atoms with E-state index >= 15 is 0 Å². The summed E-state index contributed by atoms with van der Waals surface area (Å²) in [6.45, 7) is 0.540. The standard InChI is InChI=1S/C15H17N3O2/c1-20-14-9-12(16)4-5-13(14)15(19)18-8-6-11-3-2-7-17-10-11/h2-5,7,9-10H,6,8,16H2,1H3,(H,18,19). The fraction of sp³-hybridized carbons (Fsp3) is 0.200. The van der Waals surface area contributed by atoms with E-state index in [2.05, 4.69) is 10.3 Å². The number of methoxy groups -OCH3 is 1. The van der Waals surface area contributed by atoms with Gasteiger partial charge in [0.15, 0.2) is 0 Å². The Morgan fingerprint density at radius 3 is 2.95 bits per heavy atom. The number of amides is 1. The lowest BCUT2D eigenvalue weighted by Gasteiger charge is -2.10. The minimum absolute atomic E-state index is 0.175. The summed E-state index contributed by atoms with van der Waals surface area (Å²) in [7, 11) is 1.52. The Bertz CT molecular complexity index is 585. The Balaban J connectivity index is 1.95. The molecule has 2 rings (SSSR count). The summed E-state index contributed by atoms with van der Waals surface area (Å²) >= 11 is 0. The molecule has 0 radical (unpaired) electrons. The van der Waals surface area contributed by atoms with Crippen molar-refractivity contribution < 1.29 is 9.53 Å². The predicted octanol–water partition coefficient (Wildman–Crippen LogP) is 1.64. The molecule has 5 heteroatoms. The maximum atomic E-state index is 12.1. The van der Waals surface area contributed by atoms with E-state index in [9.17, 15) is 4.79 Å². The fourth-order valence-electron chi connectivity index (χ4n) is 1.86. The van der Waals surface area contributed by atoms with Gasteiger partial charge in [0, 0.05) is 30.7 Å². The summed E-state index contributed by atoms with van der Waals surface area (Å²) in [6, 6.07) is 8.82. The number of ether oxygens (including phenoxy) is 1. The Morgan fingerprint density at radius 2 is 2.25 bits per heavy atom. The van der Waals surface area contributed by atoms with Crippen LogP contribution in [0.5, 0.6) is 5.75 Å². The van der Waals surface area contributed by atoms with E-state index in [-0.39, 0.29) is 5.91 Å².